The Morgan fingerprint density at radius 2 is 2.46 bits per heavy atom. The van der Waals surface area contributed by atoms with Crippen LogP contribution in [0.5, 0.6) is 0 Å². The molecule has 13 heavy (non-hydrogen) atoms. The molecule has 3 heteroatoms. The van der Waals surface area contributed by atoms with Crippen LogP contribution in [0.2, 0.25) is 0 Å². The van der Waals surface area contributed by atoms with E-state index in [1.165, 1.54) is 0 Å². The standard InChI is InChI=1S/C10H9N3/c11-6-9-7-12-13(8-9)10-4-2-1-3-5-10/h1-2,4,7-8H,3,5H2. The van der Waals surface area contributed by atoms with Crippen molar-refractivity contribution in [3.05, 3.63) is 36.2 Å². The van der Waals surface area contributed by atoms with Crippen LogP contribution in [0.4, 0.5) is 0 Å². The van der Waals surface area contributed by atoms with Crippen molar-refractivity contribution in [3.63, 3.8) is 0 Å². The van der Waals surface area contributed by atoms with Crippen molar-refractivity contribution in [1.82, 2.24) is 9.78 Å². The van der Waals surface area contributed by atoms with Gasteiger partial charge in [0.2, 0.25) is 0 Å². The van der Waals surface area contributed by atoms with Crippen LogP contribution in [-0.2, 0) is 0 Å². The van der Waals surface area contributed by atoms with Crippen LogP contribution >= 0.6 is 0 Å². The lowest BCUT2D eigenvalue weighted by atomic mass is 10.1. The Hall–Kier alpha value is -1.82. The van der Waals surface area contributed by atoms with Crippen LogP contribution in [0.25, 0.3) is 5.70 Å². The number of nitrogens with zero attached hydrogens (tertiary/aromatic N) is 3. The van der Waals surface area contributed by atoms with Crippen LogP contribution in [-0.4, -0.2) is 9.78 Å². The quantitative estimate of drug-likeness (QED) is 0.648. The summed E-state index contributed by atoms with van der Waals surface area (Å²) in [4.78, 5) is 0. The van der Waals surface area contributed by atoms with Crippen molar-refractivity contribution in [2.45, 2.75) is 12.8 Å². The van der Waals surface area contributed by atoms with E-state index < -0.39 is 0 Å². The van der Waals surface area contributed by atoms with E-state index >= 15 is 0 Å². The van der Waals surface area contributed by atoms with E-state index in [0.717, 1.165) is 18.5 Å². The summed E-state index contributed by atoms with van der Waals surface area (Å²) in [7, 11) is 0. The monoisotopic (exact) mass is 171 g/mol. The van der Waals surface area contributed by atoms with Gasteiger partial charge >= 0.3 is 0 Å². The van der Waals surface area contributed by atoms with Gasteiger partial charge in [-0.05, 0) is 18.9 Å². The maximum Gasteiger partial charge on any atom is 0.102 e. The van der Waals surface area contributed by atoms with E-state index in [0.29, 0.717) is 5.56 Å². The fourth-order valence-corrected chi connectivity index (χ4v) is 1.32. The van der Waals surface area contributed by atoms with Gasteiger partial charge < -0.3 is 0 Å². The van der Waals surface area contributed by atoms with Crippen LogP contribution in [0.15, 0.2) is 30.6 Å². The molecule has 0 amide bonds. The van der Waals surface area contributed by atoms with Gasteiger partial charge in [0.05, 0.1) is 11.8 Å². The van der Waals surface area contributed by atoms with E-state index in [1.807, 2.05) is 12.2 Å². The third-order valence-electron chi connectivity index (χ3n) is 2.00. The first-order chi connectivity index (χ1) is 6.40. The molecule has 0 spiro atoms. The van der Waals surface area contributed by atoms with Gasteiger partial charge in [-0.1, -0.05) is 12.2 Å². The van der Waals surface area contributed by atoms with Crippen molar-refractivity contribution in [2.75, 3.05) is 0 Å². The summed E-state index contributed by atoms with van der Waals surface area (Å²) in [6.45, 7) is 0. The molecule has 0 bridgehead atoms. The van der Waals surface area contributed by atoms with Crippen molar-refractivity contribution in [3.8, 4) is 6.07 Å². The Labute approximate surface area is 76.6 Å². The minimum absolute atomic E-state index is 0.607. The van der Waals surface area contributed by atoms with E-state index in [-0.39, 0.29) is 0 Å². The van der Waals surface area contributed by atoms with Gasteiger partial charge in [-0.2, -0.15) is 10.4 Å². The summed E-state index contributed by atoms with van der Waals surface area (Å²) in [5, 5.41) is 12.7. The van der Waals surface area contributed by atoms with E-state index in [4.69, 9.17) is 5.26 Å². The molecule has 0 radical (unpaired) electrons. The molecule has 64 valence electrons. The summed E-state index contributed by atoms with van der Waals surface area (Å²) < 4.78 is 1.77. The Bertz CT molecular complexity index is 404. The molecule has 0 saturated carbocycles. The minimum atomic E-state index is 0.607. The van der Waals surface area contributed by atoms with E-state index in [2.05, 4.69) is 17.2 Å². The van der Waals surface area contributed by atoms with Gasteiger partial charge in [0.1, 0.15) is 6.07 Å². The first-order valence-corrected chi connectivity index (χ1v) is 4.21. The molecule has 0 fully saturated rings. The molecule has 0 saturated heterocycles. The molecule has 3 nitrogen and oxygen atoms in total. The Morgan fingerprint density at radius 1 is 1.54 bits per heavy atom. The molecule has 1 heterocycles. The second kappa shape index (κ2) is 3.28. The van der Waals surface area contributed by atoms with Crippen molar-refractivity contribution in [2.24, 2.45) is 0 Å². The van der Waals surface area contributed by atoms with Crippen LogP contribution < -0.4 is 0 Å². The van der Waals surface area contributed by atoms with E-state index in [9.17, 15) is 0 Å². The third-order valence-corrected chi connectivity index (χ3v) is 2.00. The molecule has 0 aliphatic heterocycles. The number of hydrogen-bond acceptors (Lipinski definition) is 2. The molecule has 1 aromatic rings. The van der Waals surface area contributed by atoms with Gasteiger partial charge in [0, 0.05) is 11.9 Å². The van der Waals surface area contributed by atoms with Gasteiger partial charge in [-0.25, -0.2) is 4.68 Å². The largest absolute Gasteiger partial charge is 0.244 e. The van der Waals surface area contributed by atoms with Gasteiger partial charge in [0.25, 0.3) is 0 Å². The number of rotatable bonds is 1. The van der Waals surface area contributed by atoms with Crippen LogP contribution in [0.1, 0.15) is 18.4 Å². The molecule has 1 aliphatic rings. The Balaban J connectivity index is 2.30. The summed E-state index contributed by atoms with van der Waals surface area (Å²) in [6.07, 6.45) is 11.5. The zero-order chi connectivity index (χ0) is 9.10. The zero-order valence-corrected chi connectivity index (χ0v) is 7.14. The number of aromatic nitrogens is 2. The summed E-state index contributed by atoms with van der Waals surface area (Å²) in [5.74, 6) is 0. The summed E-state index contributed by atoms with van der Waals surface area (Å²) in [5.41, 5.74) is 1.75. The Morgan fingerprint density at radius 3 is 3.08 bits per heavy atom. The highest BCUT2D eigenvalue weighted by Gasteiger charge is 2.03. The van der Waals surface area contributed by atoms with E-state index in [1.54, 1.807) is 17.1 Å². The molecule has 0 unspecified atom stereocenters. The lowest BCUT2D eigenvalue weighted by molar-refractivity contribution is 0.838. The van der Waals surface area contributed by atoms with Gasteiger partial charge in [-0.3, -0.25) is 0 Å². The fourth-order valence-electron chi connectivity index (χ4n) is 1.32. The molecule has 0 aromatic carbocycles. The highest BCUT2D eigenvalue weighted by molar-refractivity contribution is 5.50. The molecule has 2 rings (SSSR count). The smallest absolute Gasteiger partial charge is 0.102 e. The number of allylic oxidation sites excluding steroid dienone is 4. The average molecular weight is 171 g/mol. The number of hydrogen-bond donors (Lipinski definition) is 0. The minimum Gasteiger partial charge on any atom is -0.244 e. The molecule has 1 aromatic heterocycles. The summed E-state index contributed by atoms with van der Waals surface area (Å²) >= 11 is 0. The highest BCUT2D eigenvalue weighted by Crippen LogP contribution is 2.16. The normalized spacial score (nSPS) is 15.2. The fraction of sp³-hybridized carbons (Fsp3) is 0.200. The average Bonchev–Trinajstić information content (AvgIpc) is 2.67. The second-order valence-corrected chi connectivity index (χ2v) is 2.91. The lowest BCUT2D eigenvalue weighted by Crippen LogP contribution is -1.98. The molecule has 0 N–H and O–H groups in total. The SMILES string of the molecule is N#Cc1cnn(C2=CC=CCC2)c1. The molecule has 0 atom stereocenters. The number of nitriles is 1. The van der Waals surface area contributed by atoms with Crippen molar-refractivity contribution in [1.29, 1.82) is 5.26 Å². The zero-order valence-electron chi connectivity index (χ0n) is 7.14. The second-order valence-electron chi connectivity index (χ2n) is 2.91. The predicted octanol–water partition coefficient (Wildman–Crippen LogP) is 1.95. The van der Waals surface area contributed by atoms with Crippen LogP contribution in [0, 0.1) is 11.3 Å². The molecule has 1 aliphatic carbocycles. The Kier molecular flexibility index (Phi) is 1.97. The predicted molar refractivity (Wildman–Crippen MR) is 49.6 cm³/mol. The maximum atomic E-state index is 8.61. The van der Waals surface area contributed by atoms with Gasteiger partial charge in [0.15, 0.2) is 0 Å². The topological polar surface area (TPSA) is 41.6 Å². The maximum absolute atomic E-state index is 8.61. The highest BCUT2D eigenvalue weighted by atomic mass is 15.3. The van der Waals surface area contributed by atoms with Crippen molar-refractivity contribution < 1.29 is 0 Å². The van der Waals surface area contributed by atoms with Gasteiger partial charge in [-0.15, -0.1) is 0 Å². The first kappa shape index (κ1) is 7.81. The molecular formula is C10H9N3. The van der Waals surface area contributed by atoms with Crippen molar-refractivity contribution >= 4 is 5.70 Å². The first-order valence-electron chi connectivity index (χ1n) is 4.21. The molecular weight excluding hydrogens is 162 g/mol. The third kappa shape index (κ3) is 1.52. The lowest BCUT2D eigenvalue weighted by Gasteiger charge is -2.07. The summed E-state index contributed by atoms with van der Waals surface area (Å²) in [6, 6.07) is 2.06. The van der Waals surface area contributed by atoms with Crippen LogP contribution in [0.3, 0.4) is 0 Å².